The van der Waals surface area contributed by atoms with Crippen LogP contribution in [0.2, 0.25) is 0 Å². The van der Waals surface area contributed by atoms with E-state index >= 15 is 0 Å². The molecule has 0 aliphatic rings. The molecule has 1 atom stereocenters. The molecule has 0 radical (unpaired) electrons. The molecule has 1 heterocycles. The number of aryl methyl sites for hydroxylation is 1. The minimum atomic E-state index is -0.182. The van der Waals surface area contributed by atoms with Gasteiger partial charge in [0, 0.05) is 17.2 Å². The van der Waals surface area contributed by atoms with Crippen molar-refractivity contribution in [2.45, 2.75) is 19.9 Å². The Morgan fingerprint density at radius 1 is 1.86 bits per heavy atom. The number of carbonyl (C=O) groups is 1. The third-order valence-electron chi connectivity index (χ3n) is 1.66. The summed E-state index contributed by atoms with van der Waals surface area (Å²) in [6, 6.07) is -0.0155. The van der Waals surface area contributed by atoms with Crippen LogP contribution >= 0.6 is 11.3 Å². The molecule has 0 aromatic carbocycles. The first kappa shape index (κ1) is 10.7. The predicted octanol–water partition coefficient (Wildman–Crippen LogP) is 1.97. The lowest BCUT2D eigenvalue weighted by atomic mass is 10.3. The molecule has 0 spiro atoms. The van der Waals surface area contributed by atoms with Gasteiger partial charge in [0.05, 0.1) is 11.0 Å². The van der Waals surface area contributed by atoms with Gasteiger partial charge in [0.25, 0.3) is 5.91 Å². The summed E-state index contributed by atoms with van der Waals surface area (Å²) in [6.07, 6.45) is 3.06. The molecule has 0 saturated carbocycles. The first-order valence-corrected chi connectivity index (χ1v) is 5.03. The van der Waals surface area contributed by atoms with Crippen LogP contribution in [0.15, 0.2) is 24.6 Å². The zero-order valence-corrected chi connectivity index (χ0v) is 9.02. The van der Waals surface area contributed by atoms with Gasteiger partial charge in [0.15, 0.2) is 0 Å². The summed E-state index contributed by atoms with van der Waals surface area (Å²) in [4.78, 5) is 16.3. The molecule has 1 aromatic heterocycles. The molecule has 14 heavy (non-hydrogen) atoms. The molecule has 1 rings (SSSR count). The van der Waals surface area contributed by atoms with Crippen molar-refractivity contribution in [1.82, 2.24) is 10.3 Å². The van der Waals surface area contributed by atoms with Crippen molar-refractivity contribution in [2.24, 2.45) is 0 Å². The largest absolute Gasteiger partial charge is 0.345 e. The Hall–Kier alpha value is -1.38. The second-order valence-electron chi connectivity index (χ2n) is 2.86. The van der Waals surface area contributed by atoms with Crippen LogP contribution in [0.5, 0.6) is 0 Å². The summed E-state index contributed by atoms with van der Waals surface area (Å²) < 4.78 is 0. The van der Waals surface area contributed by atoms with E-state index in [1.54, 1.807) is 17.5 Å². The number of nitrogens with one attached hydrogen (secondary N) is 1. The molecule has 3 nitrogen and oxygen atoms in total. The number of thiazole rings is 1. The molecule has 1 unspecified atom stereocenters. The minimum absolute atomic E-state index is 0.0155. The lowest BCUT2D eigenvalue weighted by Gasteiger charge is -2.08. The summed E-state index contributed by atoms with van der Waals surface area (Å²) in [5.74, 6) is -0.182. The van der Waals surface area contributed by atoms with Crippen LogP contribution in [-0.2, 0) is 4.79 Å². The van der Waals surface area contributed by atoms with Crippen LogP contribution < -0.4 is 5.32 Å². The maximum absolute atomic E-state index is 11.1. The van der Waals surface area contributed by atoms with Crippen LogP contribution in [-0.4, -0.2) is 10.9 Å². The highest BCUT2D eigenvalue weighted by Gasteiger charge is 2.09. The van der Waals surface area contributed by atoms with Gasteiger partial charge in [-0.05, 0) is 13.8 Å². The quantitative estimate of drug-likeness (QED) is 0.609. The van der Waals surface area contributed by atoms with Gasteiger partial charge in [-0.15, -0.1) is 17.1 Å². The summed E-state index contributed by atoms with van der Waals surface area (Å²) in [7, 11) is 0. The van der Waals surface area contributed by atoms with Crippen molar-refractivity contribution < 1.29 is 4.79 Å². The van der Waals surface area contributed by atoms with Gasteiger partial charge in [-0.1, -0.05) is 6.58 Å². The number of hydrogen-bond donors (Lipinski definition) is 1. The Labute approximate surface area is 87.2 Å². The van der Waals surface area contributed by atoms with E-state index in [2.05, 4.69) is 22.6 Å². The van der Waals surface area contributed by atoms with E-state index < -0.39 is 0 Å². The molecule has 0 bridgehead atoms. The lowest BCUT2D eigenvalue weighted by Crippen LogP contribution is -2.23. The monoisotopic (exact) mass is 208 g/mol. The maximum Gasteiger partial charge on any atom is 0.252 e. The number of amides is 1. The minimum Gasteiger partial charge on any atom is -0.345 e. The molecular formula is C10H12N2OS. The number of aromatic nitrogens is 1. The van der Waals surface area contributed by atoms with Gasteiger partial charge < -0.3 is 5.32 Å². The SMILES string of the molecule is C=C=CC(=O)NC(C)c1cnc(C)s1. The van der Waals surface area contributed by atoms with E-state index in [1.807, 2.05) is 13.8 Å². The number of rotatable bonds is 3. The molecule has 0 aliphatic carbocycles. The summed E-state index contributed by atoms with van der Waals surface area (Å²) in [5, 5.41) is 3.78. The number of carbonyl (C=O) groups excluding carboxylic acids is 1. The fourth-order valence-electron chi connectivity index (χ4n) is 0.997. The lowest BCUT2D eigenvalue weighted by molar-refractivity contribution is -0.117. The van der Waals surface area contributed by atoms with E-state index in [0.29, 0.717) is 0 Å². The van der Waals surface area contributed by atoms with Crippen molar-refractivity contribution >= 4 is 17.2 Å². The molecular weight excluding hydrogens is 196 g/mol. The molecule has 0 fully saturated rings. The summed E-state index contributed by atoms with van der Waals surface area (Å²) in [5.41, 5.74) is 2.43. The Balaban J connectivity index is 2.62. The fourth-order valence-corrected chi connectivity index (χ4v) is 1.78. The molecule has 0 saturated heterocycles. The highest BCUT2D eigenvalue weighted by atomic mass is 32.1. The number of hydrogen-bond acceptors (Lipinski definition) is 3. The fraction of sp³-hybridized carbons (Fsp3) is 0.300. The van der Waals surface area contributed by atoms with Crippen molar-refractivity contribution in [3.05, 3.63) is 34.5 Å². The van der Waals surface area contributed by atoms with E-state index in [1.165, 1.54) is 6.08 Å². The second kappa shape index (κ2) is 4.74. The normalized spacial score (nSPS) is 11.6. The Morgan fingerprint density at radius 3 is 3.07 bits per heavy atom. The molecule has 4 heteroatoms. The smallest absolute Gasteiger partial charge is 0.252 e. The predicted molar refractivity (Wildman–Crippen MR) is 57.1 cm³/mol. The van der Waals surface area contributed by atoms with E-state index in [4.69, 9.17) is 0 Å². The third kappa shape index (κ3) is 2.83. The number of nitrogens with zero attached hydrogens (tertiary/aromatic N) is 1. The molecule has 1 N–H and O–H groups in total. The van der Waals surface area contributed by atoms with Gasteiger partial charge in [-0.3, -0.25) is 4.79 Å². The Bertz CT molecular complexity index is 377. The first-order chi connectivity index (χ1) is 6.63. The first-order valence-electron chi connectivity index (χ1n) is 4.22. The molecule has 0 aliphatic heterocycles. The third-order valence-corrected chi connectivity index (χ3v) is 2.75. The standard InChI is InChI=1S/C10H12N2OS/c1-4-5-10(13)12-7(2)9-6-11-8(3)14-9/h5-7H,1H2,2-3H3,(H,12,13). The summed E-state index contributed by atoms with van der Waals surface area (Å²) in [6.45, 7) is 7.19. The molecule has 74 valence electrons. The average molecular weight is 208 g/mol. The van der Waals surface area contributed by atoms with Crippen LogP contribution in [0.1, 0.15) is 22.9 Å². The second-order valence-corrected chi connectivity index (χ2v) is 4.13. The van der Waals surface area contributed by atoms with Crippen LogP contribution in [0.3, 0.4) is 0 Å². The van der Waals surface area contributed by atoms with Crippen molar-refractivity contribution in [1.29, 1.82) is 0 Å². The van der Waals surface area contributed by atoms with Gasteiger partial charge in [-0.2, -0.15) is 0 Å². The van der Waals surface area contributed by atoms with Crippen LogP contribution in [0, 0.1) is 6.92 Å². The Kier molecular flexibility index (Phi) is 3.63. The molecule has 1 amide bonds. The van der Waals surface area contributed by atoms with E-state index in [0.717, 1.165) is 9.88 Å². The van der Waals surface area contributed by atoms with Crippen molar-refractivity contribution in [2.75, 3.05) is 0 Å². The topological polar surface area (TPSA) is 42.0 Å². The van der Waals surface area contributed by atoms with Crippen molar-refractivity contribution in [3.63, 3.8) is 0 Å². The Morgan fingerprint density at radius 2 is 2.57 bits per heavy atom. The zero-order valence-electron chi connectivity index (χ0n) is 8.20. The highest BCUT2D eigenvalue weighted by Crippen LogP contribution is 2.19. The van der Waals surface area contributed by atoms with Gasteiger partial charge >= 0.3 is 0 Å². The van der Waals surface area contributed by atoms with E-state index in [9.17, 15) is 4.79 Å². The van der Waals surface area contributed by atoms with Crippen molar-refractivity contribution in [3.8, 4) is 0 Å². The summed E-state index contributed by atoms with van der Waals surface area (Å²) >= 11 is 1.58. The van der Waals surface area contributed by atoms with Crippen LogP contribution in [0.25, 0.3) is 0 Å². The van der Waals surface area contributed by atoms with Gasteiger partial charge in [0.1, 0.15) is 0 Å². The van der Waals surface area contributed by atoms with E-state index in [-0.39, 0.29) is 11.9 Å². The zero-order chi connectivity index (χ0) is 10.6. The maximum atomic E-state index is 11.1. The average Bonchev–Trinajstić information content (AvgIpc) is 2.52. The van der Waals surface area contributed by atoms with Gasteiger partial charge in [-0.25, -0.2) is 4.98 Å². The van der Waals surface area contributed by atoms with Crippen LogP contribution in [0.4, 0.5) is 0 Å². The molecule has 1 aromatic rings. The highest BCUT2D eigenvalue weighted by molar-refractivity contribution is 7.11. The van der Waals surface area contributed by atoms with Gasteiger partial charge in [0.2, 0.25) is 0 Å².